The molecule has 4 aliphatic rings. The molecule has 4 fully saturated rings. The van der Waals surface area contributed by atoms with Crippen molar-refractivity contribution in [1.29, 1.82) is 0 Å². The van der Waals surface area contributed by atoms with E-state index < -0.39 is 129 Å². The smallest absolute Gasteiger partial charge is 0.239 e. The third-order valence-corrected chi connectivity index (χ3v) is 8.53. The number of rotatable bonds is 9. The lowest BCUT2D eigenvalue weighted by Crippen LogP contribution is -2.70. The number of ether oxygens (including phenoxy) is 5. The summed E-state index contributed by atoms with van der Waals surface area (Å²) in [7, 11) is 1.51. The lowest BCUT2D eigenvalue weighted by Gasteiger charge is -2.51. The molecule has 0 bridgehead atoms. The second kappa shape index (κ2) is 14.5. The second-order valence-electron chi connectivity index (χ2n) is 11.5. The Morgan fingerprint density at radius 3 is 2.14 bits per heavy atom. The Morgan fingerprint density at radius 2 is 1.51 bits per heavy atom. The van der Waals surface area contributed by atoms with E-state index in [0.717, 1.165) is 0 Å². The van der Waals surface area contributed by atoms with Gasteiger partial charge in [0.15, 0.2) is 18.9 Å². The summed E-state index contributed by atoms with van der Waals surface area (Å²) in [5.41, 5.74) is 23.7. The van der Waals surface area contributed by atoms with Gasteiger partial charge in [0.1, 0.15) is 48.8 Å². The van der Waals surface area contributed by atoms with Crippen molar-refractivity contribution in [3.05, 3.63) is 0 Å². The van der Waals surface area contributed by atoms with Gasteiger partial charge in [-0.1, -0.05) is 0 Å². The van der Waals surface area contributed by atoms with Crippen LogP contribution in [0, 0.1) is 0 Å². The highest BCUT2D eigenvalue weighted by molar-refractivity contribution is 5.82. The van der Waals surface area contributed by atoms with Crippen molar-refractivity contribution in [3.63, 3.8) is 0 Å². The number of hydrogen-bond donors (Lipinski definition) is 13. The van der Waals surface area contributed by atoms with Crippen LogP contribution in [0.15, 0.2) is 0 Å². The van der Waals surface area contributed by atoms with Crippen LogP contribution in [0.4, 0.5) is 0 Å². The van der Waals surface area contributed by atoms with E-state index in [1.807, 2.05) is 0 Å². The molecule has 3 heterocycles. The quantitative estimate of drug-likeness (QED) is 0.113. The molecule has 19 heteroatoms. The Bertz CT molecular complexity index is 925. The average molecular weight is 627 g/mol. The maximum Gasteiger partial charge on any atom is 0.239 e. The lowest BCUT2D eigenvalue weighted by atomic mass is 9.84. The average Bonchev–Trinajstić information content (AvgIpc) is 2.97. The molecular weight excluding hydrogens is 580 g/mol. The highest BCUT2D eigenvalue weighted by Gasteiger charge is 2.54. The summed E-state index contributed by atoms with van der Waals surface area (Å²) in [5, 5.41) is 77.6. The molecule has 4 rings (SSSR count). The summed E-state index contributed by atoms with van der Waals surface area (Å²) in [6, 6.07) is -5.83. The van der Waals surface area contributed by atoms with Crippen LogP contribution in [-0.4, -0.2) is 172 Å². The Labute approximate surface area is 247 Å². The largest absolute Gasteiger partial charge is 0.394 e. The van der Waals surface area contributed by atoms with E-state index in [1.54, 1.807) is 0 Å². The third kappa shape index (κ3) is 7.13. The minimum absolute atomic E-state index is 0.0952. The van der Waals surface area contributed by atoms with Gasteiger partial charge in [0.2, 0.25) is 5.91 Å². The standard InChI is InChI=1S/C24H46N6O13/c1-29-13-16(35)20-10(3-8(27)22(42-20)41-19-7(26)2-6(25)14(33)17(19)36)39-23(13)43-24-18(37)15(34)12(11(5-32)40-24)30-21(38)9(28)4-31/h6-20,22-24,29,31-37H,2-5,25-28H2,1H3,(H,30,38)/t6-,7?,8?,9-,10+,11?,12-,13?,14?,15?,16?,17?,18?,19-,20?,22+,23?,24-/m1/s1. The van der Waals surface area contributed by atoms with Crippen molar-refractivity contribution >= 4 is 5.91 Å². The first-order valence-electron chi connectivity index (χ1n) is 14.2. The van der Waals surface area contributed by atoms with Crippen molar-refractivity contribution in [2.24, 2.45) is 22.9 Å². The van der Waals surface area contributed by atoms with Crippen LogP contribution in [0.5, 0.6) is 0 Å². The second-order valence-corrected chi connectivity index (χ2v) is 11.5. The molecule has 0 aromatic heterocycles. The van der Waals surface area contributed by atoms with Crippen molar-refractivity contribution < 1.29 is 64.2 Å². The Hall–Kier alpha value is -1.21. The predicted octanol–water partition coefficient (Wildman–Crippen LogP) is -8.47. The maximum atomic E-state index is 12.1. The van der Waals surface area contributed by atoms with Gasteiger partial charge in [-0.3, -0.25) is 4.79 Å². The highest BCUT2D eigenvalue weighted by Crippen LogP contribution is 2.35. The minimum Gasteiger partial charge on any atom is -0.394 e. The summed E-state index contributed by atoms with van der Waals surface area (Å²) in [4.78, 5) is 12.1. The third-order valence-electron chi connectivity index (χ3n) is 8.53. The molecule has 0 aromatic carbocycles. The molecule has 1 amide bonds. The topological polar surface area (TPSA) is 333 Å². The molecule has 0 aromatic rings. The number of amides is 1. The number of aliphatic hydroxyl groups is 7. The first kappa shape index (κ1) is 34.7. The summed E-state index contributed by atoms with van der Waals surface area (Å²) in [6.45, 7) is -1.36. The molecule has 17 N–H and O–H groups in total. The number of likely N-dealkylation sites (N-methyl/N-ethyl adjacent to an activating group) is 1. The lowest BCUT2D eigenvalue weighted by molar-refractivity contribution is -0.373. The molecule has 43 heavy (non-hydrogen) atoms. The zero-order valence-corrected chi connectivity index (χ0v) is 23.6. The van der Waals surface area contributed by atoms with Crippen molar-refractivity contribution in [3.8, 4) is 0 Å². The van der Waals surface area contributed by atoms with Gasteiger partial charge in [-0.05, 0) is 19.9 Å². The first-order chi connectivity index (χ1) is 20.3. The van der Waals surface area contributed by atoms with Crippen molar-refractivity contribution in [1.82, 2.24) is 10.6 Å². The number of hydrogen-bond acceptors (Lipinski definition) is 18. The molecule has 18 atom stereocenters. The minimum atomic E-state index is -1.74. The Morgan fingerprint density at radius 1 is 0.814 bits per heavy atom. The van der Waals surface area contributed by atoms with Crippen LogP contribution in [-0.2, 0) is 28.5 Å². The monoisotopic (exact) mass is 626 g/mol. The summed E-state index contributed by atoms with van der Waals surface area (Å²) >= 11 is 0. The van der Waals surface area contributed by atoms with Gasteiger partial charge < -0.3 is 93.0 Å². The van der Waals surface area contributed by atoms with Crippen LogP contribution in [0.1, 0.15) is 12.8 Å². The number of aliphatic hydroxyl groups excluding tert-OH is 7. The van der Waals surface area contributed by atoms with Gasteiger partial charge in [0, 0.05) is 12.1 Å². The van der Waals surface area contributed by atoms with Gasteiger partial charge in [-0.15, -0.1) is 0 Å². The normalized spacial score (nSPS) is 49.6. The van der Waals surface area contributed by atoms with Gasteiger partial charge in [-0.25, -0.2) is 0 Å². The highest BCUT2D eigenvalue weighted by atomic mass is 16.8. The molecule has 19 nitrogen and oxygen atoms in total. The fraction of sp³-hybridized carbons (Fsp3) is 0.958. The van der Waals surface area contributed by atoms with Gasteiger partial charge in [0.05, 0.1) is 43.5 Å². The van der Waals surface area contributed by atoms with Gasteiger partial charge in [-0.2, -0.15) is 0 Å². The molecule has 3 saturated heterocycles. The predicted molar refractivity (Wildman–Crippen MR) is 142 cm³/mol. The van der Waals surface area contributed by atoms with Crippen molar-refractivity contribution in [2.75, 3.05) is 20.3 Å². The summed E-state index contributed by atoms with van der Waals surface area (Å²) in [6.07, 6.45) is -15.2. The van der Waals surface area contributed by atoms with E-state index in [2.05, 4.69) is 10.6 Å². The van der Waals surface area contributed by atoms with E-state index in [0.29, 0.717) is 0 Å². The van der Waals surface area contributed by atoms with Crippen LogP contribution in [0.25, 0.3) is 0 Å². The van der Waals surface area contributed by atoms with E-state index in [1.165, 1.54) is 7.05 Å². The molecule has 0 radical (unpaired) electrons. The van der Waals surface area contributed by atoms with Gasteiger partial charge >= 0.3 is 0 Å². The number of carbonyl (C=O) groups is 1. The fourth-order valence-corrected chi connectivity index (χ4v) is 5.96. The van der Waals surface area contributed by atoms with E-state index >= 15 is 0 Å². The number of carbonyl (C=O) groups excluding carboxylic acids is 1. The van der Waals surface area contributed by atoms with Crippen LogP contribution in [0.2, 0.25) is 0 Å². The van der Waals surface area contributed by atoms with Crippen molar-refractivity contribution in [2.45, 2.75) is 123 Å². The van der Waals surface area contributed by atoms with Crippen LogP contribution >= 0.6 is 0 Å². The molecule has 3 aliphatic heterocycles. The molecule has 250 valence electrons. The summed E-state index contributed by atoms with van der Waals surface area (Å²) < 4.78 is 29.4. The molecule has 0 spiro atoms. The maximum absolute atomic E-state index is 12.1. The molecule has 1 saturated carbocycles. The number of nitrogens with two attached hydrogens (primary N) is 4. The van der Waals surface area contributed by atoms with E-state index in [4.69, 9.17) is 51.7 Å². The number of fused-ring (bicyclic) bond motifs is 1. The van der Waals surface area contributed by atoms with E-state index in [-0.39, 0.29) is 12.8 Å². The summed E-state index contributed by atoms with van der Waals surface area (Å²) in [5.74, 6) is -0.837. The zero-order chi connectivity index (χ0) is 31.7. The van der Waals surface area contributed by atoms with E-state index in [9.17, 15) is 35.4 Å². The first-order valence-corrected chi connectivity index (χ1v) is 14.2. The molecule has 11 unspecified atom stereocenters. The molecule has 1 aliphatic carbocycles. The SMILES string of the molecule is CNC1C(O[C@H]2OC(CO)[C@@H](NC(=O)[C@H](N)CO)C(O)C2O)O[C@H]2CC(N)[C@@H](O[C@@H]3C(N)C[C@@H](N)C(O)C3O)OC2C1O. The Kier molecular flexibility index (Phi) is 11.7. The Balaban J connectivity index is 1.42. The van der Waals surface area contributed by atoms with Crippen LogP contribution < -0.4 is 33.6 Å². The zero-order valence-electron chi connectivity index (χ0n) is 23.6. The van der Waals surface area contributed by atoms with Crippen LogP contribution in [0.3, 0.4) is 0 Å². The fourth-order valence-electron chi connectivity index (χ4n) is 5.96. The number of nitrogens with one attached hydrogen (secondary N) is 2. The van der Waals surface area contributed by atoms with Gasteiger partial charge in [0.25, 0.3) is 0 Å². The molecular formula is C24H46N6O13.